The summed E-state index contributed by atoms with van der Waals surface area (Å²) in [6, 6.07) is 5.74. The van der Waals surface area contributed by atoms with E-state index in [0.717, 1.165) is 18.4 Å². The summed E-state index contributed by atoms with van der Waals surface area (Å²) in [5.41, 5.74) is 6.88. The highest BCUT2D eigenvalue weighted by Crippen LogP contribution is 2.36. The molecule has 0 aliphatic heterocycles. The molecule has 0 bridgehead atoms. The van der Waals surface area contributed by atoms with Crippen LogP contribution in [0.1, 0.15) is 30.9 Å². The molecule has 0 heterocycles. The van der Waals surface area contributed by atoms with Crippen molar-refractivity contribution in [2.45, 2.75) is 31.7 Å². The Morgan fingerprint density at radius 1 is 1.18 bits per heavy atom. The quantitative estimate of drug-likeness (QED) is 0.885. The number of halogens is 3. The van der Waals surface area contributed by atoms with Gasteiger partial charge in [0.25, 0.3) is 0 Å². The van der Waals surface area contributed by atoms with Crippen molar-refractivity contribution in [2.24, 2.45) is 11.7 Å². The van der Waals surface area contributed by atoms with Crippen LogP contribution in [0, 0.1) is 5.92 Å². The van der Waals surface area contributed by atoms with Gasteiger partial charge in [-0.15, -0.1) is 13.2 Å². The predicted molar refractivity (Wildman–Crippen MR) is 57.4 cm³/mol. The van der Waals surface area contributed by atoms with Crippen LogP contribution in [-0.4, -0.2) is 6.36 Å². The first-order valence-electron chi connectivity index (χ1n) is 5.57. The van der Waals surface area contributed by atoms with Crippen LogP contribution in [0.5, 0.6) is 5.75 Å². The molecule has 2 nitrogen and oxygen atoms in total. The molecule has 1 aliphatic rings. The molecule has 1 aromatic rings. The number of hydrogen-bond acceptors (Lipinski definition) is 2. The van der Waals surface area contributed by atoms with E-state index in [-0.39, 0.29) is 11.8 Å². The summed E-state index contributed by atoms with van der Waals surface area (Å²) >= 11 is 0. The largest absolute Gasteiger partial charge is 0.573 e. The van der Waals surface area contributed by atoms with E-state index >= 15 is 0 Å². The van der Waals surface area contributed by atoms with Gasteiger partial charge in [0.15, 0.2) is 0 Å². The second-order valence-electron chi connectivity index (χ2n) is 4.33. The molecule has 5 heteroatoms. The standard InChI is InChI=1S/C12H14F3NO/c13-12(14,15)17-10-6-4-9(5-7-10)11(16)8-2-1-3-8/h4-8,11H,1-3,16H2/t11-/m1/s1. The molecular weight excluding hydrogens is 231 g/mol. The molecule has 1 aliphatic carbocycles. The van der Waals surface area contributed by atoms with Gasteiger partial charge < -0.3 is 10.5 Å². The zero-order valence-electron chi connectivity index (χ0n) is 9.20. The normalized spacial score (nSPS) is 18.6. The third-order valence-electron chi connectivity index (χ3n) is 3.16. The maximum Gasteiger partial charge on any atom is 0.573 e. The van der Waals surface area contributed by atoms with Gasteiger partial charge in [-0.3, -0.25) is 0 Å². The van der Waals surface area contributed by atoms with Crippen molar-refractivity contribution in [3.63, 3.8) is 0 Å². The molecule has 0 spiro atoms. The molecule has 1 aromatic carbocycles. The first-order valence-corrected chi connectivity index (χ1v) is 5.57. The molecule has 94 valence electrons. The lowest BCUT2D eigenvalue weighted by molar-refractivity contribution is -0.274. The number of alkyl halides is 3. The molecule has 2 N–H and O–H groups in total. The molecule has 0 saturated heterocycles. The maximum atomic E-state index is 11.9. The first kappa shape index (κ1) is 12.2. The van der Waals surface area contributed by atoms with Crippen LogP contribution in [-0.2, 0) is 0 Å². The topological polar surface area (TPSA) is 35.2 Å². The number of benzene rings is 1. The Hall–Kier alpha value is -1.23. The Bertz CT molecular complexity index is 370. The molecule has 0 amide bonds. The molecule has 1 saturated carbocycles. The van der Waals surface area contributed by atoms with Crippen molar-refractivity contribution in [1.29, 1.82) is 0 Å². The molecular formula is C12H14F3NO. The van der Waals surface area contributed by atoms with Gasteiger partial charge in [0.2, 0.25) is 0 Å². The van der Waals surface area contributed by atoms with Crippen LogP contribution in [0.3, 0.4) is 0 Å². The Balaban J connectivity index is 2.02. The van der Waals surface area contributed by atoms with Gasteiger partial charge >= 0.3 is 6.36 Å². The van der Waals surface area contributed by atoms with Crippen LogP contribution in [0.2, 0.25) is 0 Å². The van der Waals surface area contributed by atoms with Crippen LogP contribution in [0.25, 0.3) is 0 Å². The molecule has 1 atom stereocenters. The third kappa shape index (κ3) is 3.12. The van der Waals surface area contributed by atoms with Crippen molar-refractivity contribution in [2.75, 3.05) is 0 Å². The summed E-state index contributed by atoms with van der Waals surface area (Å²) in [6.45, 7) is 0. The summed E-state index contributed by atoms with van der Waals surface area (Å²) in [7, 11) is 0. The minimum absolute atomic E-state index is 0.0799. The van der Waals surface area contributed by atoms with Crippen LogP contribution in [0.4, 0.5) is 13.2 Å². The van der Waals surface area contributed by atoms with Gasteiger partial charge in [0.05, 0.1) is 0 Å². The van der Waals surface area contributed by atoms with Gasteiger partial charge in [-0.1, -0.05) is 18.6 Å². The third-order valence-corrected chi connectivity index (χ3v) is 3.16. The van der Waals surface area contributed by atoms with Crippen molar-refractivity contribution < 1.29 is 17.9 Å². The van der Waals surface area contributed by atoms with Crippen LogP contribution >= 0.6 is 0 Å². The van der Waals surface area contributed by atoms with Crippen molar-refractivity contribution in [1.82, 2.24) is 0 Å². The fraction of sp³-hybridized carbons (Fsp3) is 0.500. The molecule has 0 unspecified atom stereocenters. The second kappa shape index (κ2) is 4.56. The average Bonchev–Trinajstić information content (AvgIpc) is 2.13. The fourth-order valence-corrected chi connectivity index (χ4v) is 1.96. The van der Waals surface area contributed by atoms with E-state index in [0.29, 0.717) is 5.92 Å². The Morgan fingerprint density at radius 3 is 2.18 bits per heavy atom. The van der Waals surface area contributed by atoms with E-state index in [1.54, 1.807) is 12.1 Å². The molecule has 17 heavy (non-hydrogen) atoms. The SMILES string of the molecule is N[C@@H](c1ccc(OC(F)(F)F)cc1)C1CCC1. The number of hydrogen-bond donors (Lipinski definition) is 1. The monoisotopic (exact) mass is 245 g/mol. The summed E-state index contributed by atoms with van der Waals surface area (Å²) in [5.74, 6) is 0.256. The van der Waals surface area contributed by atoms with E-state index < -0.39 is 6.36 Å². The smallest absolute Gasteiger partial charge is 0.406 e. The van der Waals surface area contributed by atoms with Crippen LogP contribution in [0.15, 0.2) is 24.3 Å². The lowest BCUT2D eigenvalue weighted by Gasteiger charge is -2.31. The Kier molecular flexibility index (Phi) is 3.28. The summed E-state index contributed by atoms with van der Waals surface area (Å²) in [4.78, 5) is 0. The lowest BCUT2D eigenvalue weighted by atomic mass is 9.78. The van der Waals surface area contributed by atoms with Gasteiger partial charge in [0, 0.05) is 6.04 Å². The molecule has 0 aromatic heterocycles. The average molecular weight is 245 g/mol. The van der Waals surface area contributed by atoms with E-state index in [2.05, 4.69) is 4.74 Å². The minimum atomic E-state index is -4.64. The molecule has 1 fully saturated rings. The summed E-state index contributed by atoms with van der Waals surface area (Å²) < 4.78 is 39.6. The number of ether oxygens (including phenoxy) is 1. The van der Waals surface area contributed by atoms with Crippen molar-refractivity contribution in [3.8, 4) is 5.75 Å². The highest BCUT2D eigenvalue weighted by Gasteiger charge is 2.31. The van der Waals surface area contributed by atoms with E-state index in [9.17, 15) is 13.2 Å². The highest BCUT2D eigenvalue weighted by molar-refractivity contribution is 5.29. The van der Waals surface area contributed by atoms with Gasteiger partial charge in [-0.2, -0.15) is 0 Å². The van der Waals surface area contributed by atoms with Crippen LogP contribution < -0.4 is 10.5 Å². The number of nitrogens with two attached hydrogens (primary N) is 1. The second-order valence-corrected chi connectivity index (χ2v) is 4.33. The van der Waals surface area contributed by atoms with E-state index in [4.69, 9.17) is 5.73 Å². The van der Waals surface area contributed by atoms with Gasteiger partial charge in [0.1, 0.15) is 5.75 Å². The fourth-order valence-electron chi connectivity index (χ4n) is 1.96. The number of rotatable bonds is 3. The summed E-state index contributed by atoms with van der Waals surface area (Å²) in [5, 5.41) is 0. The highest BCUT2D eigenvalue weighted by atomic mass is 19.4. The first-order chi connectivity index (χ1) is 7.96. The zero-order chi connectivity index (χ0) is 12.5. The van der Waals surface area contributed by atoms with Crippen molar-refractivity contribution >= 4 is 0 Å². The molecule has 2 rings (SSSR count). The minimum Gasteiger partial charge on any atom is -0.406 e. The van der Waals surface area contributed by atoms with E-state index in [1.807, 2.05) is 0 Å². The van der Waals surface area contributed by atoms with Gasteiger partial charge in [-0.05, 0) is 36.5 Å². The Labute approximate surface area is 97.6 Å². The van der Waals surface area contributed by atoms with Gasteiger partial charge in [-0.25, -0.2) is 0 Å². The zero-order valence-corrected chi connectivity index (χ0v) is 9.20. The van der Waals surface area contributed by atoms with Crippen molar-refractivity contribution in [3.05, 3.63) is 29.8 Å². The maximum absolute atomic E-state index is 11.9. The van der Waals surface area contributed by atoms with E-state index in [1.165, 1.54) is 18.6 Å². The summed E-state index contributed by atoms with van der Waals surface area (Å²) in [6.07, 6.45) is -1.25. The molecule has 0 radical (unpaired) electrons. The Morgan fingerprint density at radius 2 is 1.76 bits per heavy atom. The lowest BCUT2D eigenvalue weighted by Crippen LogP contribution is -2.26. The predicted octanol–water partition coefficient (Wildman–Crippen LogP) is 3.39.